The Morgan fingerprint density at radius 1 is 1.53 bits per heavy atom. The quantitative estimate of drug-likeness (QED) is 0.601. The minimum Gasteiger partial charge on any atom is -0.485 e. The number of imidazole rings is 1. The normalized spacial score (nSPS) is 9.84. The Labute approximate surface area is 108 Å². The lowest BCUT2D eigenvalue weighted by atomic mass is 10.2. The highest BCUT2D eigenvalue weighted by atomic mass is 16.6. The van der Waals surface area contributed by atoms with Gasteiger partial charge in [0, 0.05) is 18.5 Å². The molecule has 0 amide bonds. The van der Waals surface area contributed by atoms with Crippen molar-refractivity contribution in [3.63, 3.8) is 0 Å². The molecule has 0 radical (unpaired) electrons. The molecule has 0 fully saturated rings. The zero-order valence-electron chi connectivity index (χ0n) is 9.89. The SMILES string of the molecule is N#Cc1ccc(OCCn2ccnc2)c([N+](=O)[O-])c1. The van der Waals surface area contributed by atoms with E-state index in [-0.39, 0.29) is 23.6 Å². The molecule has 2 aromatic rings. The smallest absolute Gasteiger partial charge is 0.312 e. The van der Waals surface area contributed by atoms with Crippen LogP contribution in [0, 0.1) is 21.4 Å². The predicted octanol–water partition coefficient (Wildman–Crippen LogP) is 1.74. The highest BCUT2D eigenvalue weighted by molar-refractivity contribution is 5.51. The summed E-state index contributed by atoms with van der Waals surface area (Å²) in [6.07, 6.45) is 5.05. The maximum atomic E-state index is 10.9. The molecule has 0 saturated heterocycles. The molecule has 0 aliphatic rings. The van der Waals surface area contributed by atoms with E-state index in [1.165, 1.54) is 18.2 Å². The van der Waals surface area contributed by atoms with Gasteiger partial charge >= 0.3 is 5.69 Å². The molecule has 0 saturated carbocycles. The number of nitriles is 1. The fraction of sp³-hybridized carbons (Fsp3) is 0.167. The van der Waals surface area contributed by atoms with E-state index in [1.54, 1.807) is 23.3 Å². The van der Waals surface area contributed by atoms with Gasteiger partial charge in [-0.05, 0) is 12.1 Å². The lowest BCUT2D eigenvalue weighted by molar-refractivity contribution is -0.385. The lowest BCUT2D eigenvalue weighted by Gasteiger charge is -2.07. The summed E-state index contributed by atoms with van der Waals surface area (Å²) >= 11 is 0. The van der Waals surface area contributed by atoms with Crippen molar-refractivity contribution in [3.8, 4) is 11.8 Å². The number of benzene rings is 1. The van der Waals surface area contributed by atoms with Crippen LogP contribution in [0.1, 0.15) is 5.56 Å². The van der Waals surface area contributed by atoms with E-state index in [9.17, 15) is 10.1 Å². The van der Waals surface area contributed by atoms with Gasteiger partial charge in [0.1, 0.15) is 6.61 Å². The van der Waals surface area contributed by atoms with Crippen LogP contribution in [0.5, 0.6) is 5.75 Å². The van der Waals surface area contributed by atoms with Gasteiger partial charge in [0.25, 0.3) is 0 Å². The van der Waals surface area contributed by atoms with Crippen molar-refractivity contribution < 1.29 is 9.66 Å². The van der Waals surface area contributed by atoms with Crippen LogP contribution in [-0.4, -0.2) is 21.1 Å². The zero-order chi connectivity index (χ0) is 13.7. The number of aromatic nitrogens is 2. The van der Waals surface area contributed by atoms with Gasteiger partial charge in [0.2, 0.25) is 0 Å². The van der Waals surface area contributed by atoms with Gasteiger partial charge in [0.05, 0.1) is 29.4 Å². The van der Waals surface area contributed by atoms with E-state index in [0.717, 1.165) is 0 Å². The lowest BCUT2D eigenvalue weighted by Crippen LogP contribution is -2.07. The molecule has 0 aliphatic heterocycles. The van der Waals surface area contributed by atoms with Crippen LogP contribution in [0.25, 0.3) is 0 Å². The summed E-state index contributed by atoms with van der Waals surface area (Å²) < 4.78 is 7.17. The summed E-state index contributed by atoms with van der Waals surface area (Å²) in [4.78, 5) is 14.2. The summed E-state index contributed by atoms with van der Waals surface area (Å²) in [5.74, 6) is 0.157. The molecular weight excluding hydrogens is 248 g/mol. The summed E-state index contributed by atoms with van der Waals surface area (Å²) in [6.45, 7) is 0.820. The molecule has 0 bridgehead atoms. The number of hydrogen-bond acceptors (Lipinski definition) is 5. The summed E-state index contributed by atoms with van der Waals surface area (Å²) in [6, 6.07) is 5.98. The number of nitro groups is 1. The Morgan fingerprint density at radius 3 is 3.00 bits per heavy atom. The first-order chi connectivity index (χ1) is 9.20. The summed E-state index contributed by atoms with van der Waals surface area (Å²) in [5.41, 5.74) is 0.0262. The summed E-state index contributed by atoms with van der Waals surface area (Å²) in [5, 5.41) is 19.6. The molecule has 0 aliphatic carbocycles. The molecule has 0 atom stereocenters. The molecule has 0 spiro atoms. The van der Waals surface area contributed by atoms with Crippen LogP contribution in [0.2, 0.25) is 0 Å². The van der Waals surface area contributed by atoms with Crippen LogP contribution in [0.4, 0.5) is 5.69 Å². The van der Waals surface area contributed by atoms with E-state index in [0.29, 0.717) is 6.54 Å². The fourth-order valence-electron chi connectivity index (χ4n) is 1.53. The monoisotopic (exact) mass is 258 g/mol. The van der Waals surface area contributed by atoms with Gasteiger partial charge in [0.15, 0.2) is 5.75 Å². The molecule has 7 heteroatoms. The highest BCUT2D eigenvalue weighted by Gasteiger charge is 2.15. The van der Waals surface area contributed by atoms with E-state index >= 15 is 0 Å². The van der Waals surface area contributed by atoms with Crippen molar-refractivity contribution in [2.45, 2.75) is 6.54 Å². The maximum Gasteiger partial charge on any atom is 0.312 e. The molecule has 7 nitrogen and oxygen atoms in total. The van der Waals surface area contributed by atoms with E-state index in [1.807, 2.05) is 6.07 Å². The summed E-state index contributed by atoms with van der Waals surface area (Å²) in [7, 11) is 0. The molecular formula is C12H10N4O3. The Kier molecular flexibility index (Phi) is 3.73. The molecule has 1 heterocycles. The average molecular weight is 258 g/mol. The Morgan fingerprint density at radius 2 is 2.37 bits per heavy atom. The predicted molar refractivity (Wildman–Crippen MR) is 65.5 cm³/mol. The highest BCUT2D eigenvalue weighted by Crippen LogP contribution is 2.27. The Hall–Kier alpha value is -2.88. The maximum absolute atomic E-state index is 10.9. The van der Waals surface area contributed by atoms with Gasteiger partial charge in [-0.15, -0.1) is 0 Å². The van der Waals surface area contributed by atoms with E-state index in [4.69, 9.17) is 10.00 Å². The first-order valence-corrected chi connectivity index (χ1v) is 5.48. The first-order valence-electron chi connectivity index (χ1n) is 5.48. The van der Waals surface area contributed by atoms with E-state index < -0.39 is 4.92 Å². The fourth-order valence-corrected chi connectivity index (χ4v) is 1.53. The number of rotatable bonds is 5. The molecule has 0 N–H and O–H groups in total. The van der Waals surface area contributed by atoms with Crippen LogP contribution >= 0.6 is 0 Å². The van der Waals surface area contributed by atoms with Crippen molar-refractivity contribution in [1.29, 1.82) is 5.26 Å². The van der Waals surface area contributed by atoms with Crippen molar-refractivity contribution in [3.05, 3.63) is 52.6 Å². The third-order valence-corrected chi connectivity index (χ3v) is 2.45. The van der Waals surface area contributed by atoms with Gasteiger partial charge in [-0.2, -0.15) is 5.26 Å². The number of hydrogen-bond donors (Lipinski definition) is 0. The molecule has 0 unspecified atom stereocenters. The van der Waals surface area contributed by atoms with Gasteiger partial charge in [-0.3, -0.25) is 10.1 Å². The molecule has 19 heavy (non-hydrogen) atoms. The average Bonchev–Trinajstić information content (AvgIpc) is 2.92. The number of ether oxygens (including phenoxy) is 1. The van der Waals surface area contributed by atoms with Gasteiger partial charge in [-0.25, -0.2) is 4.98 Å². The number of nitro benzene ring substituents is 1. The third kappa shape index (κ3) is 3.07. The van der Waals surface area contributed by atoms with Gasteiger partial charge < -0.3 is 9.30 Å². The molecule has 2 rings (SSSR count). The Bertz CT molecular complexity index is 616. The standard InChI is InChI=1S/C12H10N4O3/c13-8-10-1-2-12(11(7-10)16(17)18)19-6-5-15-4-3-14-9-15/h1-4,7,9H,5-6H2. The first kappa shape index (κ1) is 12.6. The second-order valence-electron chi connectivity index (χ2n) is 3.70. The second-order valence-corrected chi connectivity index (χ2v) is 3.70. The van der Waals surface area contributed by atoms with Crippen LogP contribution in [0.15, 0.2) is 36.9 Å². The van der Waals surface area contributed by atoms with Crippen molar-refractivity contribution in [2.24, 2.45) is 0 Å². The Balaban J connectivity index is 2.07. The minimum atomic E-state index is -0.562. The largest absolute Gasteiger partial charge is 0.485 e. The van der Waals surface area contributed by atoms with Crippen LogP contribution in [-0.2, 0) is 6.54 Å². The topological polar surface area (TPSA) is 94.0 Å². The van der Waals surface area contributed by atoms with Crippen LogP contribution < -0.4 is 4.74 Å². The van der Waals surface area contributed by atoms with Crippen molar-refractivity contribution in [2.75, 3.05) is 6.61 Å². The van der Waals surface area contributed by atoms with Crippen LogP contribution in [0.3, 0.4) is 0 Å². The zero-order valence-corrected chi connectivity index (χ0v) is 9.89. The van der Waals surface area contributed by atoms with Gasteiger partial charge in [-0.1, -0.05) is 0 Å². The molecule has 1 aromatic heterocycles. The molecule has 1 aromatic carbocycles. The van der Waals surface area contributed by atoms with E-state index in [2.05, 4.69) is 4.98 Å². The van der Waals surface area contributed by atoms with Crippen molar-refractivity contribution >= 4 is 5.69 Å². The molecule has 96 valence electrons. The third-order valence-electron chi connectivity index (χ3n) is 2.45. The van der Waals surface area contributed by atoms with Crippen molar-refractivity contribution in [1.82, 2.24) is 9.55 Å². The second kappa shape index (κ2) is 5.64. The minimum absolute atomic E-state index is 0.157. The number of nitrogens with zero attached hydrogens (tertiary/aromatic N) is 4.